The molecule has 5 aromatic rings. The standard InChI is InChI=1S/C24H20ClN3O2S3/c1-13(2)19-12-16-20(14-8-4-6-10-17(14)25)21-24(27-23(16)31-19)32-22(26-21)15-9-5-7-11-18(15)28-33(3,29)30/h4-13,28H,1-3H3. The summed E-state index contributed by atoms with van der Waals surface area (Å²) in [7, 11) is -3.43. The Morgan fingerprint density at radius 1 is 0.939 bits per heavy atom. The van der Waals surface area contributed by atoms with E-state index in [1.165, 1.54) is 16.2 Å². The minimum atomic E-state index is -3.43. The van der Waals surface area contributed by atoms with Gasteiger partial charge in [-0.3, -0.25) is 4.72 Å². The summed E-state index contributed by atoms with van der Waals surface area (Å²) >= 11 is 9.76. The fourth-order valence-corrected chi connectivity index (χ4v) is 6.63. The number of para-hydroxylation sites is 1. The van der Waals surface area contributed by atoms with E-state index in [2.05, 4.69) is 24.6 Å². The van der Waals surface area contributed by atoms with Gasteiger partial charge in [-0.05, 0) is 30.2 Å². The molecular formula is C24H20ClN3O2S3. The molecule has 0 bridgehead atoms. The Labute approximate surface area is 205 Å². The highest BCUT2D eigenvalue weighted by Gasteiger charge is 2.21. The molecule has 0 aliphatic carbocycles. The van der Waals surface area contributed by atoms with Crippen LogP contribution >= 0.6 is 34.3 Å². The van der Waals surface area contributed by atoms with E-state index in [1.807, 2.05) is 36.4 Å². The molecule has 0 unspecified atom stereocenters. The third-order valence-corrected chi connectivity index (χ3v) is 8.45. The largest absolute Gasteiger partial charge is 0.283 e. The number of anilines is 1. The fraction of sp³-hybridized carbons (Fsp3) is 0.167. The third-order valence-electron chi connectivity index (χ3n) is 5.22. The second-order valence-electron chi connectivity index (χ2n) is 8.08. The predicted octanol–water partition coefficient (Wildman–Crippen LogP) is 7.39. The second kappa shape index (κ2) is 8.36. The molecule has 0 aliphatic heterocycles. The van der Waals surface area contributed by atoms with Crippen LogP contribution in [-0.4, -0.2) is 24.6 Å². The number of thiazole rings is 1. The lowest BCUT2D eigenvalue weighted by Crippen LogP contribution is -2.10. The second-order valence-corrected chi connectivity index (χ2v) is 12.3. The van der Waals surface area contributed by atoms with Gasteiger partial charge in [0.1, 0.15) is 20.2 Å². The molecule has 9 heteroatoms. The first-order valence-electron chi connectivity index (χ1n) is 10.3. The first-order valence-corrected chi connectivity index (χ1v) is 14.2. The van der Waals surface area contributed by atoms with E-state index >= 15 is 0 Å². The first-order chi connectivity index (χ1) is 15.7. The number of benzene rings is 2. The van der Waals surface area contributed by atoms with Crippen molar-refractivity contribution in [2.45, 2.75) is 19.8 Å². The van der Waals surface area contributed by atoms with Crippen LogP contribution in [0.15, 0.2) is 54.6 Å². The number of sulfonamides is 1. The Bertz CT molecular complexity index is 1620. The van der Waals surface area contributed by atoms with Crippen LogP contribution in [0.25, 0.3) is 42.3 Å². The topological polar surface area (TPSA) is 72.0 Å². The van der Waals surface area contributed by atoms with Crippen molar-refractivity contribution in [3.8, 4) is 21.7 Å². The molecule has 5 nitrogen and oxygen atoms in total. The highest BCUT2D eigenvalue weighted by molar-refractivity contribution is 7.92. The van der Waals surface area contributed by atoms with E-state index in [1.54, 1.807) is 23.5 Å². The van der Waals surface area contributed by atoms with Crippen molar-refractivity contribution in [2.24, 2.45) is 0 Å². The van der Waals surface area contributed by atoms with E-state index in [4.69, 9.17) is 21.6 Å². The van der Waals surface area contributed by atoms with Gasteiger partial charge in [0.25, 0.3) is 0 Å². The molecule has 0 radical (unpaired) electrons. The molecule has 3 heterocycles. The molecule has 0 saturated heterocycles. The maximum atomic E-state index is 11.9. The Morgan fingerprint density at radius 3 is 2.33 bits per heavy atom. The summed E-state index contributed by atoms with van der Waals surface area (Å²) in [5.41, 5.74) is 3.83. The predicted molar refractivity (Wildman–Crippen MR) is 141 cm³/mol. The van der Waals surface area contributed by atoms with Gasteiger partial charge >= 0.3 is 0 Å². The summed E-state index contributed by atoms with van der Waals surface area (Å²) in [6.45, 7) is 4.34. The fourth-order valence-electron chi connectivity index (χ4n) is 3.73. The molecule has 1 N–H and O–H groups in total. The molecule has 0 aliphatic rings. The minimum Gasteiger partial charge on any atom is -0.283 e. The smallest absolute Gasteiger partial charge is 0.229 e. The lowest BCUT2D eigenvalue weighted by atomic mass is 10.0. The summed E-state index contributed by atoms with van der Waals surface area (Å²) in [4.78, 5) is 12.9. The van der Waals surface area contributed by atoms with E-state index in [0.29, 0.717) is 27.2 Å². The number of halogens is 1. The number of aromatic nitrogens is 2. The molecule has 0 atom stereocenters. The number of nitrogens with one attached hydrogen (secondary N) is 1. The number of hydrogen-bond donors (Lipinski definition) is 1. The van der Waals surface area contributed by atoms with Crippen molar-refractivity contribution in [1.29, 1.82) is 0 Å². The van der Waals surface area contributed by atoms with Crippen LogP contribution < -0.4 is 4.72 Å². The van der Waals surface area contributed by atoms with Crippen LogP contribution in [0.1, 0.15) is 24.6 Å². The SMILES string of the molecule is CC(C)c1cc2c(-c3ccccc3Cl)c3nc(-c4ccccc4NS(C)(=O)=O)sc3nc2s1. The first kappa shape index (κ1) is 22.3. The Kier molecular flexibility index (Phi) is 5.64. The van der Waals surface area contributed by atoms with E-state index in [0.717, 1.165) is 37.9 Å². The number of fused-ring (bicyclic) bond motifs is 2. The van der Waals surface area contributed by atoms with Crippen molar-refractivity contribution < 1.29 is 8.42 Å². The Morgan fingerprint density at radius 2 is 1.64 bits per heavy atom. The highest BCUT2D eigenvalue weighted by Crippen LogP contribution is 2.45. The molecule has 0 fully saturated rings. The van der Waals surface area contributed by atoms with Crippen molar-refractivity contribution in [3.63, 3.8) is 0 Å². The lowest BCUT2D eigenvalue weighted by Gasteiger charge is -2.08. The normalized spacial score (nSPS) is 12.2. The van der Waals surface area contributed by atoms with Gasteiger partial charge in [0.05, 0.1) is 11.9 Å². The third kappa shape index (κ3) is 4.24. The van der Waals surface area contributed by atoms with E-state index in [9.17, 15) is 8.42 Å². The molecule has 168 valence electrons. The van der Waals surface area contributed by atoms with Crippen LogP contribution in [0.3, 0.4) is 0 Å². The molecule has 0 spiro atoms. The lowest BCUT2D eigenvalue weighted by molar-refractivity contribution is 0.607. The number of rotatable bonds is 5. The van der Waals surface area contributed by atoms with Gasteiger partial charge < -0.3 is 0 Å². The number of pyridine rings is 1. The van der Waals surface area contributed by atoms with Gasteiger partial charge in [0.15, 0.2) is 0 Å². The molecule has 0 saturated carbocycles. The molecule has 0 amide bonds. The zero-order valence-corrected chi connectivity index (χ0v) is 21.3. The monoisotopic (exact) mass is 513 g/mol. The maximum absolute atomic E-state index is 11.9. The summed E-state index contributed by atoms with van der Waals surface area (Å²) in [5, 5.41) is 2.38. The zero-order chi connectivity index (χ0) is 23.3. The average molecular weight is 514 g/mol. The summed E-state index contributed by atoms with van der Waals surface area (Å²) in [5.74, 6) is 0.388. The highest BCUT2D eigenvalue weighted by atomic mass is 35.5. The summed E-state index contributed by atoms with van der Waals surface area (Å²) < 4.78 is 26.4. The maximum Gasteiger partial charge on any atom is 0.229 e. The molecular weight excluding hydrogens is 494 g/mol. The van der Waals surface area contributed by atoms with Crippen molar-refractivity contribution in [1.82, 2.24) is 9.97 Å². The van der Waals surface area contributed by atoms with Crippen LogP contribution in [-0.2, 0) is 10.0 Å². The molecule has 5 rings (SSSR count). The van der Waals surface area contributed by atoms with Gasteiger partial charge in [-0.1, -0.05) is 67.1 Å². The van der Waals surface area contributed by atoms with Gasteiger partial charge in [0.2, 0.25) is 10.0 Å². The average Bonchev–Trinajstić information content (AvgIpc) is 3.36. The van der Waals surface area contributed by atoms with Crippen molar-refractivity contribution >= 4 is 70.5 Å². The zero-order valence-electron chi connectivity index (χ0n) is 18.1. The van der Waals surface area contributed by atoms with Gasteiger partial charge in [0, 0.05) is 32.0 Å². The summed E-state index contributed by atoms with van der Waals surface area (Å²) in [6, 6.07) is 17.2. The Hall–Kier alpha value is -2.52. The van der Waals surface area contributed by atoms with Crippen molar-refractivity contribution in [3.05, 3.63) is 64.5 Å². The van der Waals surface area contributed by atoms with Gasteiger partial charge in [-0.15, -0.1) is 11.3 Å². The van der Waals surface area contributed by atoms with Crippen LogP contribution in [0, 0.1) is 0 Å². The number of hydrogen-bond acceptors (Lipinski definition) is 6. The van der Waals surface area contributed by atoms with Crippen LogP contribution in [0.5, 0.6) is 0 Å². The minimum absolute atomic E-state index is 0.388. The van der Waals surface area contributed by atoms with Crippen LogP contribution in [0.4, 0.5) is 5.69 Å². The molecule has 33 heavy (non-hydrogen) atoms. The molecule has 3 aromatic heterocycles. The van der Waals surface area contributed by atoms with E-state index < -0.39 is 10.0 Å². The van der Waals surface area contributed by atoms with Crippen molar-refractivity contribution in [2.75, 3.05) is 11.0 Å². The summed E-state index contributed by atoms with van der Waals surface area (Å²) in [6.07, 6.45) is 1.14. The number of thiophene rings is 1. The van der Waals surface area contributed by atoms with Gasteiger partial charge in [-0.2, -0.15) is 0 Å². The van der Waals surface area contributed by atoms with Crippen LogP contribution in [0.2, 0.25) is 5.02 Å². The number of nitrogens with zero attached hydrogens (tertiary/aromatic N) is 2. The molecule has 2 aromatic carbocycles. The Balaban J connectivity index is 1.81. The van der Waals surface area contributed by atoms with E-state index in [-0.39, 0.29) is 0 Å². The quantitative estimate of drug-likeness (QED) is 0.266. The van der Waals surface area contributed by atoms with Gasteiger partial charge in [-0.25, -0.2) is 18.4 Å².